The summed E-state index contributed by atoms with van der Waals surface area (Å²) in [7, 11) is -3.70. The first-order valence-electron chi connectivity index (χ1n) is 9.88. The molecule has 3 heterocycles. The number of hydrogen-bond donors (Lipinski definition) is 1. The average molecular weight is 454 g/mol. The molecule has 0 atom stereocenters. The highest BCUT2D eigenvalue weighted by Gasteiger charge is 2.30. The van der Waals surface area contributed by atoms with Crippen molar-refractivity contribution in [3.05, 3.63) is 66.4 Å². The number of rotatable bonds is 5. The van der Waals surface area contributed by atoms with Gasteiger partial charge in [0.1, 0.15) is 5.01 Å². The van der Waals surface area contributed by atoms with Crippen molar-refractivity contribution in [3.8, 4) is 10.6 Å². The van der Waals surface area contributed by atoms with Crippen LogP contribution in [-0.2, 0) is 10.0 Å². The van der Waals surface area contributed by atoms with Gasteiger partial charge in [-0.15, -0.1) is 11.3 Å². The van der Waals surface area contributed by atoms with Crippen molar-refractivity contribution < 1.29 is 17.6 Å². The minimum atomic E-state index is -3.70. The molecular weight excluding hydrogens is 434 g/mol. The predicted octanol–water partition coefficient (Wildman–Crippen LogP) is 4.59. The fraction of sp³-hybridized carbons (Fsp3) is 0.182. The van der Waals surface area contributed by atoms with Crippen molar-refractivity contribution in [1.82, 2.24) is 9.29 Å². The number of benzene rings is 2. The van der Waals surface area contributed by atoms with Crippen LogP contribution in [0.1, 0.15) is 23.4 Å². The van der Waals surface area contributed by atoms with Crippen LogP contribution in [0.2, 0.25) is 0 Å². The molecule has 1 N–H and O–H groups in total. The maximum atomic E-state index is 12.6. The van der Waals surface area contributed by atoms with Crippen LogP contribution in [0.4, 0.5) is 5.69 Å². The Morgan fingerprint density at radius 1 is 1.03 bits per heavy atom. The summed E-state index contributed by atoms with van der Waals surface area (Å²) in [5.41, 5.74) is 2.39. The average Bonchev–Trinajstić information content (AvgIpc) is 3.54. The van der Waals surface area contributed by atoms with Crippen LogP contribution in [-0.4, -0.2) is 36.7 Å². The minimum Gasteiger partial charge on any atom is -0.438 e. The topological polar surface area (TPSA) is 92.5 Å². The third kappa shape index (κ3) is 3.87. The van der Waals surface area contributed by atoms with E-state index < -0.39 is 15.9 Å². The summed E-state index contributed by atoms with van der Waals surface area (Å²) in [5.74, 6) is -0.563. The quantitative estimate of drug-likeness (QED) is 0.477. The maximum Gasteiger partial charge on any atom is 0.291 e. The number of amides is 1. The monoisotopic (exact) mass is 453 g/mol. The molecule has 1 fully saturated rings. The van der Waals surface area contributed by atoms with Crippen LogP contribution in [0.3, 0.4) is 0 Å². The molecule has 7 nitrogen and oxygen atoms in total. The van der Waals surface area contributed by atoms with Gasteiger partial charge in [-0.1, -0.05) is 24.3 Å². The van der Waals surface area contributed by atoms with Gasteiger partial charge >= 0.3 is 0 Å². The zero-order valence-electron chi connectivity index (χ0n) is 16.4. The SMILES string of the molecule is O=C(Nc1cccc(-c2nc3ccccc3s2)c1)c1ccc(S(=O)(=O)N2CCCC2)o1. The van der Waals surface area contributed by atoms with E-state index >= 15 is 0 Å². The highest BCUT2D eigenvalue weighted by molar-refractivity contribution is 7.89. The zero-order valence-corrected chi connectivity index (χ0v) is 18.1. The first kappa shape index (κ1) is 19.9. The summed E-state index contributed by atoms with van der Waals surface area (Å²) in [6, 6.07) is 18.0. The summed E-state index contributed by atoms with van der Waals surface area (Å²) < 4.78 is 33.1. The first-order chi connectivity index (χ1) is 15.0. The van der Waals surface area contributed by atoms with Gasteiger partial charge < -0.3 is 9.73 Å². The van der Waals surface area contributed by atoms with Crippen molar-refractivity contribution in [1.29, 1.82) is 0 Å². The highest BCUT2D eigenvalue weighted by atomic mass is 32.2. The Labute approximate surface area is 183 Å². The van der Waals surface area contributed by atoms with Gasteiger partial charge in [0.05, 0.1) is 10.2 Å². The number of nitrogens with zero attached hydrogens (tertiary/aromatic N) is 2. The van der Waals surface area contributed by atoms with E-state index in [1.165, 1.54) is 16.4 Å². The number of nitrogens with one attached hydrogen (secondary N) is 1. The lowest BCUT2D eigenvalue weighted by molar-refractivity contribution is 0.0991. The molecule has 0 bridgehead atoms. The molecule has 9 heteroatoms. The van der Waals surface area contributed by atoms with Crippen molar-refractivity contribution in [2.45, 2.75) is 17.9 Å². The number of carbonyl (C=O) groups excluding carboxylic acids is 1. The Morgan fingerprint density at radius 2 is 1.84 bits per heavy atom. The summed E-state index contributed by atoms with van der Waals surface area (Å²) in [6.45, 7) is 0.951. The highest BCUT2D eigenvalue weighted by Crippen LogP contribution is 2.31. The normalized spacial score (nSPS) is 14.8. The van der Waals surface area contributed by atoms with Gasteiger partial charge in [-0.25, -0.2) is 13.4 Å². The van der Waals surface area contributed by atoms with E-state index in [1.54, 1.807) is 17.4 Å². The second kappa shape index (κ2) is 7.92. The summed E-state index contributed by atoms with van der Waals surface area (Å²) in [4.78, 5) is 17.3. The number of fused-ring (bicyclic) bond motifs is 1. The molecule has 0 radical (unpaired) electrons. The molecule has 4 aromatic rings. The smallest absolute Gasteiger partial charge is 0.291 e. The molecule has 2 aromatic heterocycles. The van der Waals surface area contributed by atoms with Crippen LogP contribution < -0.4 is 5.32 Å². The number of para-hydroxylation sites is 1. The second-order valence-electron chi connectivity index (χ2n) is 7.25. The minimum absolute atomic E-state index is 0.0526. The largest absolute Gasteiger partial charge is 0.438 e. The second-order valence-corrected chi connectivity index (χ2v) is 10.2. The Morgan fingerprint density at radius 3 is 2.65 bits per heavy atom. The van der Waals surface area contributed by atoms with Crippen LogP contribution in [0.5, 0.6) is 0 Å². The van der Waals surface area contributed by atoms with Gasteiger partial charge in [-0.2, -0.15) is 4.31 Å². The third-order valence-corrected chi connectivity index (χ3v) is 7.98. The first-order valence-corrected chi connectivity index (χ1v) is 12.1. The molecule has 158 valence electrons. The molecule has 0 spiro atoms. The van der Waals surface area contributed by atoms with Crippen molar-refractivity contribution in [2.75, 3.05) is 18.4 Å². The molecule has 0 aliphatic carbocycles. The third-order valence-electron chi connectivity index (χ3n) is 5.13. The molecule has 5 rings (SSSR count). The van der Waals surface area contributed by atoms with E-state index in [9.17, 15) is 13.2 Å². The van der Waals surface area contributed by atoms with Gasteiger partial charge in [0.25, 0.3) is 15.9 Å². The number of aromatic nitrogens is 1. The number of hydrogen-bond acceptors (Lipinski definition) is 6. The Hall–Kier alpha value is -3.01. The Kier molecular flexibility index (Phi) is 5.09. The molecule has 0 unspecified atom stereocenters. The van der Waals surface area contributed by atoms with Crippen molar-refractivity contribution in [3.63, 3.8) is 0 Å². The number of thiazole rings is 1. The molecular formula is C22H19N3O4S2. The summed E-state index contributed by atoms with van der Waals surface area (Å²) >= 11 is 1.58. The Balaban J connectivity index is 1.35. The van der Waals surface area contributed by atoms with E-state index in [2.05, 4.69) is 10.3 Å². The number of sulfonamides is 1. The van der Waals surface area contributed by atoms with E-state index in [-0.39, 0.29) is 10.9 Å². The fourth-order valence-corrected chi connectivity index (χ4v) is 5.95. The fourth-order valence-electron chi connectivity index (χ4n) is 3.55. The van der Waals surface area contributed by atoms with Crippen LogP contribution >= 0.6 is 11.3 Å². The lowest BCUT2D eigenvalue weighted by atomic mass is 10.2. The molecule has 1 aliphatic rings. The van der Waals surface area contributed by atoms with E-state index in [4.69, 9.17) is 4.42 Å². The lowest BCUT2D eigenvalue weighted by Gasteiger charge is -2.12. The van der Waals surface area contributed by atoms with E-state index in [0.29, 0.717) is 18.8 Å². The molecule has 31 heavy (non-hydrogen) atoms. The summed E-state index contributed by atoms with van der Waals surface area (Å²) in [6.07, 6.45) is 1.66. The molecule has 1 aliphatic heterocycles. The van der Waals surface area contributed by atoms with E-state index in [1.807, 2.05) is 42.5 Å². The van der Waals surface area contributed by atoms with Crippen LogP contribution in [0.25, 0.3) is 20.8 Å². The van der Waals surface area contributed by atoms with Gasteiger partial charge in [-0.05, 0) is 49.2 Å². The number of carbonyl (C=O) groups is 1. The van der Waals surface area contributed by atoms with Gasteiger partial charge in [-0.3, -0.25) is 4.79 Å². The summed E-state index contributed by atoms with van der Waals surface area (Å²) in [5, 5.41) is 3.42. The Bertz CT molecular complexity index is 1340. The zero-order chi connectivity index (χ0) is 21.4. The molecule has 1 saturated heterocycles. The maximum absolute atomic E-state index is 12.6. The van der Waals surface area contributed by atoms with Crippen molar-refractivity contribution >= 4 is 43.2 Å². The van der Waals surface area contributed by atoms with E-state index in [0.717, 1.165) is 33.6 Å². The lowest BCUT2D eigenvalue weighted by Crippen LogP contribution is -2.27. The van der Waals surface area contributed by atoms with Gasteiger partial charge in [0, 0.05) is 24.3 Å². The standard InChI is InChI=1S/C22H19N3O4S2/c26-21(18-10-11-20(29-18)31(27,28)25-12-3-4-13-25)23-16-7-5-6-15(14-16)22-24-17-8-1-2-9-19(17)30-22/h1-2,5-11,14H,3-4,12-13H2,(H,23,26). The predicted molar refractivity (Wildman–Crippen MR) is 120 cm³/mol. The molecule has 0 saturated carbocycles. The molecule has 1 amide bonds. The molecule has 2 aromatic carbocycles. The van der Waals surface area contributed by atoms with Crippen LogP contribution in [0, 0.1) is 0 Å². The number of anilines is 1. The van der Waals surface area contributed by atoms with Gasteiger partial charge in [0.15, 0.2) is 5.76 Å². The van der Waals surface area contributed by atoms with Crippen molar-refractivity contribution in [2.24, 2.45) is 0 Å². The number of furan rings is 1. The van der Waals surface area contributed by atoms with Crippen LogP contribution in [0.15, 0.2) is 70.2 Å². The van der Waals surface area contributed by atoms with Gasteiger partial charge in [0.2, 0.25) is 5.09 Å².